The van der Waals surface area contributed by atoms with Crippen molar-refractivity contribution in [1.29, 1.82) is 0 Å². The molecule has 166 valence electrons. The van der Waals surface area contributed by atoms with Gasteiger partial charge in [-0.1, -0.05) is 29.8 Å². The van der Waals surface area contributed by atoms with E-state index in [-0.39, 0.29) is 10.8 Å². The Labute approximate surface area is 193 Å². The highest BCUT2D eigenvalue weighted by Gasteiger charge is 2.23. The van der Waals surface area contributed by atoms with Crippen LogP contribution in [-0.2, 0) is 10.0 Å². The van der Waals surface area contributed by atoms with Gasteiger partial charge in [-0.25, -0.2) is 8.42 Å². The normalized spacial score (nSPS) is 16.0. The largest absolute Gasteiger partial charge is 0.371 e. The first-order valence-electron chi connectivity index (χ1n) is 10.4. The van der Waals surface area contributed by atoms with Gasteiger partial charge in [-0.05, 0) is 73.0 Å². The minimum Gasteiger partial charge on any atom is -0.371 e. The van der Waals surface area contributed by atoms with Crippen molar-refractivity contribution >= 4 is 38.9 Å². The van der Waals surface area contributed by atoms with Crippen LogP contribution in [0, 0.1) is 5.92 Å². The number of para-hydroxylation sites is 1. The third kappa shape index (κ3) is 5.41. The highest BCUT2D eigenvalue weighted by atomic mass is 35.5. The van der Waals surface area contributed by atoms with Crippen LogP contribution < -0.4 is 14.9 Å². The van der Waals surface area contributed by atoms with E-state index in [0.29, 0.717) is 28.7 Å². The monoisotopic (exact) mass is 469 g/mol. The lowest BCUT2D eigenvalue weighted by molar-refractivity contribution is 0.0948. The van der Waals surface area contributed by atoms with Gasteiger partial charge < -0.3 is 10.2 Å². The van der Waals surface area contributed by atoms with Crippen LogP contribution in [0.15, 0.2) is 83.8 Å². The van der Waals surface area contributed by atoms with Crippen molar-refractivity contribution in [2.24, 2.45) is 5.92 Å². The van der Waals surface area contributed by atoms with Gasteiger partial charge in [0, 0.05) is 41.6 Å². The van der Waals surface area contributed by atoms with Crippen LogP contribution in [-0.4, -0.2) is 34.0 Å². The van der Waals surface area contributed by atoms with E-state index in [2.05, 4.69) is 27.1 Å². The first-order valence-corrected chi connectivity index (χ1v) is 12.2. The van der Waals surface area contributed by atoms with Gasteiger partial charge in [0.05, 0.1) is 4.90 Å². The lowest BCUT2D eigenvalue weighted by Gasteiger charge is -2.18. The van der Waals surface area contributed by atoms with Crippen LogP contribution in [0.1, 0.15) is 16.8 Å². The number of carbonyl (C=O) groups is 1. The second-order valence-electron chi connectivity index (χ2n) is 7.78. The van der Waals surface area contributed by atoms with E-state index in [9.17, 15) is 13.2 Å². The maximum absolute atomic E-state index is 12.6. The molecule has 0 spiro atoms. The first-order chi connectivity index (χ1) is 15.4. The topological polar surface area (TPSA) is 78.5 Å². The quantitative estimate of drug-likeness (QED) is 0.537. The molecule has 0 saturated carbocycles. The van der Waals surface area contributed by atoms with Gasteiger partial charge in [-0.15, -0.1) is 0 Å². The molecule has 1 atom stereocenters. The van der Waals surface area contributed by atoms with Gasteiger partial charge in [-0.3, -0.25) is 9.52 Å². The van der Waals surface area contributed by atoms with Gasteiger partial charge in [0.25, 0.3) is 15.9 Å². The molecule has 1 aliphatic rings. The summed E-state index contributed by atoms with van der Waals surface area (Å²) in [6.45, 7) is 2.45. The van der Waals surface area contributed by atoms with E-state index < -0.39 is 10.0 Å². The zero-order valence-corrected chi connectivity index (χ0v) is 18.9. The molecule has 32 heavy (non-hydrogen) atoms. The summed E-state index contributed by atoms with van der Waals surface area (Å²) in [5, 5.41) is 3.49. The minimum atomic E-state index is -3.76. The van der Waals surface area contributed by atoms with E-state index in [1.54, 1.807) is 24.3 Å². The Morgan fingerprint density at radius 1 is 0.969 bits per heavy atom. The Bertz CT molecular complexity index is 1170. The fourth-order valence-corrected chi connectivity index (χ4v) is 4.91. The van der Waals surface area contributed by atoms with Crippen LogP contribution in [0.2, 0.25) is 5.02 Å². The molecule has 1 fully saturated rings. The summed E-state index contributed by atoms with van der Waals surface area (Å²) < 4.78 is 27.6. The molecular weight excluding hydrogens is 446 g/mol. The molecule has 1 aliphatic heterocycles. The molecule has 4 rings (SSSR count). The lowest BCUT2D eigenvalue weighted by atomic mass is 10.1. The smallest absolute Gasteiger partial charge is 0.261 e. The van der Waals surface area contributed by atoms with E-state index in [1.807, 2.05) is 18.2 Å². The van der Waals surface area contributed by atoms with Crippen LogP contribution >= 0.6 is 11.6 Å². The van der Waals surface area contributed by atoms with Crippen LogP contribution in [0.3, 0.4) is 0 Å². The standard InChI is InChI=1S/C24H24ClN3O3S/c25-20-8-10-21(11-9-20)27-32(30,31)23-12-6-19(7-13-23)24(29)26-16-18-14-15-28(17-18)22-4-2-1-3-5-22/h1-13,18,27H,14-17H2,(H,26,29). The second kappa shape index (κ2) is 9.63. The van der Waals surface area contributed by atoms with Crippen LogP contribution in [0.25, 0.3) is 0 Å². The molecule has 3 aromatic carbocycles. The Morgan fingerprint density at radius 2 is 1.66 bits per heavy atom. The number of halogens is 1. The highest BCUT2D eigenvalue weighted by molar-refractivity contribution is 7.92. The summed E-state index contributed by atoms with van der Waals surface area (Å²) in [6, 6.07) is 22.5. The Hall–Kier alpha value is -3.03. The lowest BCUT2D eigenvalue weighted by Crippen LogP contribution is -2.31. The first kappa shape index (κ1) is 22.2. The molecular formula is C24H24ClN3O3S. The molecule has 3 aromatic rings. The number of benzene rings is 3. The van der Waals surface area contributed by atoms with Crippen molar-refractivity contribution in [1.82, 2.24) is 5.32 Å². The molecule has 0 aromatic heterocycles. The molecule has 1 saturated heterocycles. The van der Waals surface area contributed by atoms with Crippen molar-refractivity contribution in [3.05, 3.63) is 89.4 Å². The number of hydrogen-bond acceptors (Lipinski definition) is 4. The van der Waals surface area contributed by atoms with E-state index in [1.165, 1.54) is 30.0 Å². The van der Waals surface area contributed by atoms with Gasteiger partial charge in [-0.2, -0.15) is 0 Å². The molecule has 2 N–H and O–H groups in total. The second-order valence-corrected chi connectivity index (χ2v) is 9.90. The Morgan fingerprint density at radius 3 is 2.34 bits per heavy atom. The third-order valence-corrected chi connectivity index (χ3v) is 7.13. The summed E-state index contributed by atoms with van der Waals surface area (Å²) >= 11 is 5.83. The number of amides is 1. The summed E-state index contributed by atoms with van der Waals surface area (Å²) in [7, 11) is -3.76. The fourth-order valence-electron chi connectivity index (χ4n) is 3.73. The number of nitrogens with one attached hydrogen (secondary N) is 2. The SMILES string of the molecule is O=C(NCC1CCN(c2ccccc2)C1)c1ccc(S(=O)(=O)Nc2ccc(Cl)cc2)cc1. The van der Waals surface area contributed by atoms with E-state index in [4.69, 9.17) is 11.6 Å². The van der Waals surface area contributed by atoms with Crippen molar-refractivity contribution in [3.63, 3.8) is 0 Å². The summed E-state index contributed by atoms with van der Waals surface area (Å²) in [5.41, 5.74) is 2.04. The average Bonchev–Trinajstić information content (AvgIpc) is 3.29. The minimum absolute atomic E-state index is 0.0818. The molecule has 1 heterocycles. The van der Waals surface area contributed by atoms with Gasteiger partial charge in [0.1, 0.15) is 0 Å². The molecule has 0 aliphatic carbocycles. The maximum Gasteiger partial charge on any atom is 0.261 e. The summed E-state index contributed by atoms with van der Waals surface area (Å²) in [6.07, 6.45) is 1.02. The third-order valence-electron chi connectivity index (χ3n) is 5.48. The summed E-state index contributed by atoms with van der Waals surface area (Å²) in [5.74, 6) is 0.167. The fraction of sp³-hybridized carbons (Fsp3) is 0.208. The maximum atomic E-state index is 12.6. The molecule has 0 bridgehead atoms. The van der Waals surface area contributed by atoms with Gasteiger partial charge >= 0.3 is 0 Å². The molecule has 6 nitrogen and oxygen atoms in total. The average molecular weight is 470 g/mol. The number of hydrogen-bond donors (Lipinski definition) is 2. The van der Waals surface area contributed by atoms with Crippen molar-refractivity contribution in [2.45, 2.75) is 11.3 Å². The number of sulfonamides is 1. The molecule has 8 heteroatoms. The number of carbonyl (C=O) groups excluding carboxylic acids is 1. The van der Waals surface area contributed by atoms with Crippen molar-refractivity contribution < 1.29 is 13.2 Å². The summed E-state index contributed by atoms with van der Waals surface area (Å²) in [4.78, 5) is 14.9. The number of rotatable bonds is 7. The Kier molecular flexibility index (Phi) is 6.67. The predicted octanol–water partition coefficient (Wildman–Crippen LogP) is 4.40. The highest BCUT2D eigenvalue weighted by Crippen LogP contribution is 2.23. The van der Waals surface area contributed by atoms with E-state index >= 15 is 0 Å². The molecule has 0 radical (unpaired) electrons. The molecule has 1 unspecified atom stereocenters. The zero-order valence-electron chi connectivity index (χ0n) is 17.4. The number of nitrogens with zero attached hydrogens (tertiary/aromatic N) is 1. The van der Waals surface area contributed by atoms with E-state index in [0.717, 1.165) is 19.5 Å². The van der Waals surface area contributed by atoms with Gasteiger partial charge in [0.15, 0.2) is 0 Å². The van der Waals surface area contributed by atoms with Crippen molar-refractivity contribution in [3.8, 4) is 0 Å². The zero-order chi connectivity index (χ0) is 22.6. The van der Waals surface area contributed by atoms with Crippen LogP contribution in [0.4, 0.5) is 11.4 Å². The van der Waals surface area contributed by atoms with Crippen LogP contribution in [0.5, 0.6) is 0 Å². The predicted molar refractivity (Wildman–Crippen MR) is 128 cm³/mol. The molecule has 1 amide bonds. The Balaban J connectivity index is 1.32. The number of anilines is 2. The van der Waals surface area contributed by atoms with Crippen molar-refractivity contribution in [2.75, 3.05) is 29.3 Å². The van der Waals surface area contributed by atoms with Gasteiger partial charge in [0.2, 0.25) is 0 Å².